The second kappa shape index (κ2) is 10.8. The summed E-state index contributed by atoms with van der Waals surface area (Å²) in [6, 6.07) is 16.0. The molecule has 3 aromatic rings. The predicted molar refractivity (Wildman–Crippen MR) is 129 cm³/mol. The lowest BCUT2D eigenvalue weighted by Gasteiger charge is -2.23. The smallest absolute Gasteiger partial charge is 0.416 e. The number of carbonyl (C=O) groups excluding carboxylic acids is 1. The summed E-state index contributed by atoms with van der Waals surface area (Å²) >= 11 is 0. The van der Waals surface area contributed by atoms with Crippen molar-refractivity contribution in [2.75, 3.05) is 43.5 Å². The molecule has 1 aliphatic heterocycles. The van der Waals surface area contributed by atoms with E-state index in [2.05, 4.69) is 32.2 Å². The van der Waals surface area contributed by atoms with Gasteiger partial charge in [0.05, 0.1) is 24.6 Å². The highest BCUT2D eigenvalue weighted by Gasteiger charge is 2.31. The van der Waals surface area contributed by atoms with Crippen LogP contribution >= 0.6 is 0 Å². The SMILES string of the molecule is COc1cccc(CN2CCCN(c3ccc(NC(=O)c4cccc(C(F)(F)F)c4)cn3)CC2)c1. The van der Waals surface area contributed by atoms with Crippen molar-refractivity contribution < 1.29 is 22.7 Å². The molecule has 1 N–H and O–H groups in total. The van der Waals surface area contributed by atoms with Gasteiger partial charge in [0.1, 0.15) is 11.6 Å². The van der Waals surface area contributed by atoms with Gasteiger partial charge in [-0.3, -0.25) is 9.69 Å². The van der Waals surface area contributed by atoms with E-state index in [4.69, 9.17) is 4.74 Å². The number of carbonyl (C=O) groups is 1. The Kier molecular flexibility index (Phi) is 7.55. The highest BCUT2D eigenvalue weighted by molar-refractivity contribution is 6.04. The van der Waals surface area contributed by atoms with Gasteiger partial charge in [0, 0.05) is 38.3 Å². The zero-order valence-corrected chi connectivity index (χ0v) is 19.4. The van der Waals surface area contributed by atoms with Crippen LogP contribution in [-0.2, 0) is 12.7 Å². The van der Waals surface area contributed by atoms with E-state index in [0.717, 1.165) is 62.8 Å². The van der Waals surface area contributed by atoms with Crippen LogP contribution in [0.3, 0.4) is 0 Å². The van der Waals surface area contributed by atoms with Crippen molar-refractivity contribution in [2.45, 2.75) is 19.1 Å². The van der Waals surface area contributed by atoms with Crippen molar-refractivity contribution in [3.8, 4) is 5.75 Å². The van der Waals surface area contributed by atoms with Crippen molar-refractivity contribution in [1.82, 2.24) is 9.88 Å². The molecule has 1 fully saturated rings. The van der Waals surface area contributed by atoms with Crippen molar-refractivity contribution in [3.63, 3.8) is 0 Å². The molecule has 2 aromatic carbocycles. The highest BCUT2D eigenvalue weighted by Crippen LogP contribution is 2.29. The minimum Gasteiger partial charge on any atom is -0.497 e. The van der Waals surface area contributed by atoms with Gasteiger partial charge in [0.25, 0.3) is 5.91 Å². The van der Waals surface area contributed by atoms with E-state index in [1.165, 1.54) is 23.9 Å². The summed E-state index contributed by atoms with van der Waals surface area (Å²) in [6.45, 7) is 4.37. The minimum absolute atomic E-state index is 0.0625. The van der Waals surface area contributed by atoms with Crippen molar-refractivity contribution in [3.05, 3.63) is 83.6 Å². The molecule has 35 heavy (non-hydrogen) atoms. The maximum atomic E-state index is 12.9. The first kappa shape index (κ1) is 24.5. The first-order valence-corrected chi connectivity index (χ1v) is 11.4. The zero-order chi connectivity index (χ0) is 24.8. The molecule has 1 aromatic heterocycles. The number of hydrogen-bond donors (Lipinski definition) is 1. The standard InChI is InChI=1S/C26H27F3N4O2/c1-35-23-8-2-5-19(15-23)18-32-11-4-12-33(14-13-32)24-10-9-22(17-30-24)31-25(34)20-6-3-7-21(16-20)26(27,28)29/h2-3,5-10,15-17H,4,11-14,18H2,1H3,(H,31,34). The molecule has 0 atom stereocenters. The van der Waals surface area contributed by atoms with E-state index in [1.807, 2.05) is 18.2 Å². The maximum absolute atomic E-state index is 12.9. The Morgan fingerprint density at radius 3 is 2.60 bits per heavy atom. The van der Waals surface area contributed by atoms with E-state index in [1.54, 1.807) is 13.2 Å². The van der Waals surface area contributed by atoms with Crippen LogP contribution in [0.15, 0.2) is 66.9 Å². The Morgan fingerprint density at radius 1 is 1.03 bits per heavy atom. The number of halogens is 3. The summed E-state index contributed by atoms with van der Waals surface area (Å²) in [6.07, 6.45) is -1.99. The molecule has 0 bridgehead atoms. The Bertz CT molecular complexity index is 1150. The highest BCUT2D eigenvalue weighted by atomic mass is 19.4. The molecule has 0 spiro atoms. The summed E-state index contributed by atoms with van der Waals surface area (Å²) < 4.78 is 44.1. The number of methoxy groups -OCH3 is 1. The minimum atomic E-state index is -4.50. The number of benzene rings is 2. The number of nitrogens with one attached hydrogen (secondary N) is 1. The molecule has 0 radical (unpaired) electrons. The largest absolute Gasteiger partial charge is 0.497 e. The van der Waals surface area contributed by atoms with E-state index >= 15 is 0 Å². The van der Waals surface area contributed by atoms with Gasteiger partial charge in [-0.2, -0.15) is 13.2 Å². The molecule has 0 unspecified atom stereocenters. The fourth-order valence-electron chi connectivity index (χ4n) is 4.07. The Morgan fingerprint density at radius 2 is 1.86 bits per heavy atom. The molecular formula is C26H27F3N4O2. The second-order valence-electron chi connectivity index (χ2n) is 8.41. The Labute approximate surface area is 202 Å². The Hall–Kier alpha value is -3.59. The average Bonchev–Trinajstić information content (AvgIpc) is 3.10. The molecule has 9 heteroatoms. The first-order valence-electron chi connectivity index (χ1n) is 11.4. The molecular weight excluding hydrogens is 457 g/mol. The van der Waals surface area contributed by atoms with Gasteiger partial charge in [-0.05, 0) is 54.4 Å². The van der Waals surface area contributed by atoms with Gasteiger partial charge < -0.3 is 15.0 Å². The number of nitrogens with zero attached hydrogens (tertiary/aromatic N) is 3. The van der Waals surface area contributed by atoms with Crippen LogP contribution in [-0.4, -0.2) is 49.1 Å². The molecule has 1 saturated heterocycles. The number of amides is 1. The summed E-state index contributed by atoms with van der Waals surface area (Å²) in [4.78, 5) is 21.5. The lowest BCUT2D eigenvalue weighted by Crippen LogP contribution is -2.31. The molecule has 1 aliphatic rings. The first-order chi connectivity index (χ1) is 16.8. The quantitative estimate of drug-likeness (QED) is 0.529. The average molecular weight is 485 g/mol. The van der Waals surface area contributed by atoms with Crippen LogP contribution in [0.5, 0.6) is 5.75 Å². The van der Waals surface area contributed by atoms with Crippen LogP contribution in [0, 0.1) is 0 Å². The third-order valence-corrected chi connectivity index (χ3v) is 5.91. The number of anilines is 2. The lowest BCUT2D eigenvalue weighted by atomic mass is 10.1. The number of rotatable bonds is 6. The molecule has 6 nitrogen and oxygen atoms in total. The molecule has 1 amide bonds. The van der Waals surface area contributed by atoms with Crippen molar-refractivity contribution in [1.29, 1.82) is 0 Å². The molecule has 184 valence electrons. The summed E-state index contributed by atoms with van der Waals surface area (Å²) in [7, 11) is 1.66. The van der Waals surface area contributed by atoms with Gasteiger partial charge in [-0.15, -0.1) is 0 Å². The number of ether oxygens (including phenoxy) is 1. The van der Waals surface area contributed by atoms with E-state index < -0.39 is 17.6 Å². The van der Waals surface area contributed by atoms with Crippen LogP contribution < -0.4 is 15.0 Å². The fourth-order valence-corrected chi connectivity index (χ4v) is 4.07. The summed E-state index contributed by atoms with van der Waals surface area (Å²) in [5.74, 6) is 1.03. The van der Waals surface area contributed by atoms with Gasteiger partial charge in [-0.25, -0.2) is 4.98 Å². The third-order valence-electron chi connectivity index (χ3n) is 5.91. The number of alkyl halides is 3. The lowest BCUT2D eigenvalue weighted by molar-refractivity contribution is -0.137. The molecule has 4 rings (SSSR count). The summed E-state index contributed by atoms with van der Waals surface area (Å²) in [5, 5.41) is 2.62. The molecule has 0 aliphatic carbocycles. The molecule has 2 heterocycles. The van der Waals surface area contributed by atoms with Crippen molar-refractivity contribution >= 4 is 17.4 Å². The normalized spacial score (nSPS) is 14.9. The molecule has 0 saturated carbocycles. The number of pyridine rings is 1. The van der Waals surface area contributed by atoms with Crippen LogP contribution in [0.1, 0.15) is 27.9 Å². The van der Waals surface area contributed by atoms with Crippen LogP contribution in [0.25, 0.3) is 0 Å². The van der Waals surface area contributed by atoms with Gasteiger partial charge >= 0.3 is 6.18 Å². The van der Waals surface area contributed by atoms with Crippen LogP contribution in [0.4, 0.5) is 24.7 Å². The third kappa shape index (κ3) is 6.51. The van der Waals surface area contributed by atoms with E-state index in [-0.39, 0.29) is 5.56 Å². The second-order valence-corrected chi connectivity index (χ2v) is 8.41. The monoisotopic (exact) mass is 484 g/mol. The van der Waals surface area contributed by atoms with Gasteiger partial charge in [0.15, 0.2) is 0 Å². The topological polar surface area (TPSA) is 57.7 Å². The van der Waals surface area contributed by atoms with Gasteiger partial charge in [0.2, 0.25) is 0 Å². The fraction of sp³-hybridized carbons (Fsp3) is 0.308. The number of hydrogen-bond acceptors (Lipinski definition) is 5. The van der Waals surface area contributed by atoms with Crippen LogP contribution in [0.2, 0.25) is 0 Å². The van der Waals surface area contributed by atoms with E-state index in [9.17, 15) is 18.0 Å². The maximum Gasteiger partial charge on any atom is 0.416 e. The number of aromatic nitrogens is 1. The zero-order valence-electron chi connectivity index (χ0n) is 19.4. The van der Waals surface area contributed by atoms with Crippen molar-refractivity contribution in [2.24, 2.45) is 0 Å². The summed E-state index contributed by atoms with van der Waals surface area (Å²) in [5.41, 5.74) is 0.704. The van der Waals surface area contributed by atoms with Gasteiger partial charge in [-0.1, -0.05) is 18.2 Å². The predicted octanol–water partition coefficient (Wildman–Crippen LogP) is 5.07. The Balaban J connectivity index is 1.34. The van der Waals surface area contributed by atoms with E-state index in [0.29, 0.717) is 5.69 Å².